The highest BCUT2D eigenvalue weighted by molar-refractivity contribution is 6.38. The molecule has 6 atom stereocenters. The van der Waals surface area contributed by atoms with E-state index < -0.39 is 59.1 Å². The number of benzene rings is 1. The van der Waals surface area contributed by atoms with E-state index in [1.54, 1.807) is 17.0 Å². The van der Waals surface area contributed by atoms with Gasteiger partial charge in [0.1, 0.15) is 23.9 Å². The Morgan fingerprint density at radius 1 is 0.963 bits per heavy atom. The highest BCUT2D eigenvalue weighted by atomic mass is 19.1. The molecule has 0 spiro atoms. The van der Waals surface area contributed by atoms with Crippen molar-refractivity contribution in [2.75, 3.05) is 44.2 Å². The van der Waals surface area contributed by atoms with E-state index in [1.807, 2.05) is 55.4 Å². The van der Waals surface area contributed by atoms with Gasteiger partial charge in [-0.15, -0.1) is 6.58 Å². The lowest BCUT2D eigenvalue weighted by Crippen LogP contribution is -2.63. The first-order valence-electron chi connectivity index (χ1n) is 19.2. The van der Waals surface area contributed by atoms with E-state index in [4.69, 9.17) is 0 Å². The van der Waals surface area contributed by atoms with Crippen LogP contribution in [-0.4, -0.2) is 109 Å². The highest BCUT2D eigenvalue weighted by Gasteiger charge is 2.70. The summed E-state index contributed by atoms with van der Waals surface area (Å²) in [6.07, 6.45) is 3.08. The third-order valence-electron chi connectivity index (χ3n) is 11.3. The van der Waals surface area contributed by atoms with Crippen LogP contribution in [0.15, 0.2) is 36.9 Å². The van der Waals surface area contributed by atoms with E-state index in [0.717, 1.165) is 12.1 Å². The monoisotopic (exact) mass is 753 g/mol. The molecule has 0 aromatic heterocycles. The van der Waals surface area contributed by atoms with Crippen molar-refractivity contribution in [3.63, 3.8) is 0 Å². The second-order valence-electron chi connectivity index (χ2n) is 16.9. The van der Waals surface area contributed by atoms with Crippen LogP contribution in [0.3, 0.4) is 0 Å². The smallest absolute Gasteiger partial charge is 0.316 e. The Labute approximate surface area is 319 Å². The Bertz CT molecular complexity index is 1570. The number of rotatable bonds is 15. The van der Waals surface area contributed by atoms with Crippen molar-refractivity contribution in [1.29, 1.82) is 0 Å². The van der Waals surface area contributed by atoms with Gasteiger partial charge in [-0.1, -0.05) is 74.3 Å². The summed E-state index contributed by atoms with van der Waals surface area (Å²) >= 11 is 0. The number of piperidine rings is 1. The Hall–Kier alpha value is -4.49. The molecular formula is C40H60FN7O6. The highest BCUT2D eigenvalue weighted by Crippen LogP contribution is 2.65. The maximum absolute atomic E-state index is 14.5. The quantitative estimate of drug-likeness (QED) is 0.158. The lowest BCUT2D eigenvalue weighted by molar-refractivity contribution is -0.145. The van der Waals surface area contributed by atoms with E-state index in [9.17, 15) is 33.2 Å². The van der Waals surface area contributed by atoms with Crippen LogP contribution in [0.1, 0.15) is 74.7 Å². The largest absolute Gasteiger partial charge is 0.368 e. The first kappa shape index (κ1) is 42.3. The van der Waals surface area contributed by atoms with Gasteiger partial charge in [-0.25, -0.2) is 9.18 Å². The standard InChI is InChI=1S/C40H60FN7O6/c1-10-12-13-28(32(49)35(51)42-18-11-2)43-34(50)31-29-27(40(29,8)9)23-48(31)37(53)33(39(5,6)7)45-38(54)44-30(24(3)4)36(52)47-21-19-46(20-22-47)26-16-14-25(41)15-17-26/h11,14-17,24,27-31,33H,2,10,12-13,18-23H2,1,3-9H3,(H,42,51)(H,43,50)(H2,44,45,54)/t27-,28?,29-,30-,31-,33+/m0/s1. The Balaban J connectivity index is 1.46. The summed E-state index contributed by atoms with van der Waals surface area (Å²) in [6, 6.07) is 1.67. The fourth-order valence-electron chi connectivity index (χ4n) is 7.83. The predicted molar refractivity (Wildman–Crippen MR) is 205 cm³/mol. The first-order chi connectivity index (χ1) is 25.3. The second kappa shape index (κ2) is 17.3. The number of halogens is 1. The average Bonchev–Trinajstić information content (AvgIpc) is 3.42. The molecule has 6 amide bonds. The van der Waals surface area contributed by atoms with Crippen LogP contribution < -0.4 is 26.2 Å². The second-order valence-corrected chi connectivity index (χ2v) is 16.9. The van der Waals surface area contributed by atoms with Crippen molar-refractivity contribution in [3.05, 3.63) is 42.7 Å². The zero-order chi connectivity index (χ0) is 40.1. The maximum Gasteiger partial charge on any atom is 0.316 e. The van der Waals surface area contributed by atoms with Crippen LogP contribution in [-0.2, 0) is 24.0 Å². The average molecular weight is 754 g/mol. The summed E-state index contributed by atoms with van der Waals surface area (Å²) in [7, 11) is 0. The lowest BCUT2D eigenvalue weighted by atomic mass is 9.85. The number of fused-ring (bicyclic) bond motifs is 1. The number of nitrogens with one attached hydrogen (secondary N) is 4. The van der Waals surface area contributed by atoms with Crippen LogP contribution in [0.4, 0.5) is 14.9 Å². The van der Waals surface area contributed by atoms with Gasteiger partial charge in [0, 0.05) is 45.0 Å². The minimum Gasteiger partial charge on any atom is -0.368 e. The molecule has 14 heteroatoms. The van der Waals surface area contributed by atoms with Gasteiger partial charge in [-0.2, -0.15) is 0 Å². The molecule has 1 aliphatic carbocycles. The minimum absolute atomic E-state index is 0.0406. The van der Waals surface area contributed by atoms with E-state index in [0.29, 0.717) is 39.1 Å². The molecule has 3 aliphatic rings. The summed E-state index contributed by atoms with van der Waals surface area (Å²) in [5.74, 6) is -3.45. The Morgan fingerprint density at radius 2 is 1.59 bits per heavy atom. The number of carbonyl (C=O) groups excluding carboxylic acids is 6. The summed E-state index contributed by atoms with van der Waals surface area (Å²) in [4.78, 5) is 87.0. The topological polar surface area (TPSA) is 160 Å². The van der Waals surface area contributed by atoms with Crippen LogP contribution >= 0.6 is 0 Å². The molecule has 3 fully saturated rings. The number of unbranched alkanes of at least 4 members (excludes halogenated alkanes) is 1. The summed E-state index contributed by atoms with van der Waals surface area (Å²) in [5.41, 5.74) is -0.135. The van der Waals surface area contributed by atoms with E-state index in [2.05, 4.69) is 32.7 Å². The number of ketones is 1. The van der Waals surface area contributed by atoms with Crippen LogP contribution in [0.5, 0.6) is 0 Å². The zero-order valence-corrected chi connectivity index (χ0v) is 33.2. The SMILES string of the molecule is C=CCNC(=O)C(=O)C(CCCC)NC(=O)[C@@H]1[C@@H]2[C@H](CN1C(=O)[C@@H](NC(=O)N[C@H](C(=O)N1CCN(c3ccc(F)cc3)CC1)C(C)C)C(C)(C)C)C2(C)C. The zero-order valence-electron chi connectivity index (χ0n) is 33.2. The molecule has 4 rings (SSSR count). The number of anilines is 1. The van der Waals surface area contributed by atoms with E-state index in [1.165, 1.54) is 23.1 Å². The number of amides is 6. The van der Waals surface area contributed by atoms with Gasteiger partial charge in [-0.05, 0) is 59.3 Å². The van der Waals surface area contributed by atoms with Crippen molar-refractivity contribution >= 4 is 41.1 Å². The van der Waals surface area contributed by atoms with Gasteiger partial charge in [-0.3, -0.25) is 24.0 Å². The van der Waals surface area contributed by atoms with Crippen LogP contribution in [0, 0.1) is 34.4 Å². The van der Waals surface area contributed by atoms with Crippen LogP contribution in [0.25, 0.3) is 0 Å². The van der Waals surface area contributed by atoms with Crippen molar-refractivity contribution in [2.45, 2.75) is 98.8 Å². The maximum atomic E-state index is 14.5. The number of carbonyl (C=O) groups is 6. The molecule has 1 saturated carbocycles. The fraction of sp³-hybridized carbons (Fsp3) is 0.650. The number of Topliss-reactive ketones (excluding diaryl/α,β-unsaturated/α-hetero) is 1. The number of urea groups is 1. The number of hydrogen-bond acceptors (Lipinski definition) is 7. The predicted octanol–water partition coefficient (Wildman–Crippen LogP) is 3.24. The van der Waals surface area contributed by atoms with E-state index >= 15 is 0 Å². The molecule has 2 saturated heterocycles. The normalized spacial score (nSPS) is 22.0. The minimum atomic E-state index is -1.06. The van der Waals surface area contributed by atoms with Gasteiger partial charge in [0.15, 0.2) is 0 Å². The van der Waals surface area contributed by atoms with E-state index in [-0.39, 0.29) is 47.9 Å². The third kappa shape index (κ3) is 9.59. The van der Waals surface area contributed by atoms with Crippen molar-refractivity contribution < 1.29 is 33.2 Å². The molecule has 2 heterocycles. The van der Waals surface area contributed by atoms with Crippen molar-refractivity contribution in [1.82, 2.24) is 31.1 Å². The van der Waals surface area contributed by atoms with Gasteiger partial charge in [0.25, 0.3) is 5.91 Å². The lowest BCUT2D eigenvalue weighted by Gasteiger charge is -2.39. The van der Waals surface area contributed by atoms with Crippen LogP contribution in [0.2, 0.25) is 0 Å². The number of nitrogens with zero attached hydrogens (tertiary/aromatic N) is 3. The molecule has 0 bridgehead atoms. The van der Waals surface area contributed by atoms with Gasteiger partial charge in [0.05, 0.1) is 6.04 Å². The van der Waals surface area contributed by atoms with Gasteiger partial charge >= 0.3 is 6.03 Å². The number of piperazine rings is 1. The molecule has 54 heavy (non-hydrogen) atoms. The molecule has 1 aromatic carbocycles. The molecule has 13 nitrogen and oxygen atoms in total. The Kier molecular flexibility index (Phi) is 13.6. The van der Waals surface area contributed by atoms with Crippen molar-refractivity contribution in [3.8, 4) is 0 Å². The van der Waals surface area contributed by atoms with Gasteiger partial charge < -0.3 is 36.0 Å². The number of hydrogen-bond donors (Lipinski definition) is 4. The Morgan fingerprint density at radius 3 is 2.15 bits per heavy atom. The first-order valence-corrected chi connectivity index (χ1v) is 19.2. The van der Waals surface area contributed by atoms with Gasteiger partial charge in [0.2, 0.25) is 23.5 Å². The number of likely N-dealkylation sites (tertiary alicyclic amines) is 1. The van der Waals surface area contributed by atoms with Crippen molar-refractivity contribution in [2.24, 2.45) is 28.6 Å². The molecule has 1 aromatic rings. The molecule has 2 aliphatic heterocycles. The molecule has 0 radical (unpaired) electrons. The molecule has 1 unspecified atom stereocenters. The summed E-state index contributed by atoms with van der Waals surface area (Å²) < 4.78 is 13.4. The molecule has 4 N–H and O–H groups in total. The molecule has 298 valence electrons. The summed E-state index contributed by atoms with van der Waals surface area (Å²) in [6.45, 7) is 21.1. The fourth-order valence-corrected chi connectivity index (χ4v) is 7.83. The third-order valence-corrected chi connectivity index (χ3v) is 11.3. The summed E-state index contributed by atoms with van der Waals surface area (Å²) in [5, 5.41) is 11.0. The molecular weight excluding hydrogens is 693 g/mol.